The summed E-state index contributed by atoms with van der Waals surface area (Å²) in [6.45, 7) is 6.29. The molecule has 2 aliphatic rings. The van der Waals surface area contributed by atoms with E-state index in [1.54, 1.807) is 52.0 Å². The summed E-state index contributed by atoms with van der Waals surface area (Å²) < 4.78 is 68.6. The Bertz CT molecular complexity index is 2320. The van der Waals surface area contributed by atoms with Crippen molar-refractivity contribution in [1.82, 2.24) is 0 Å². The molecule has 2 atom stereocenters. The summed E-state index contributed by atoms with van der Waals surface area (Å²) in [4.78, 5) is 24.9. The van der Waals surface area contributed by atoms with E-state index in [0.29, 0.717) is 40.3 Å². The third-order valence-corrected chi connectivity index (χ3v) is 10.1. The Morgan fingerprint density at radius 2 is 0.927 bits per heavy atom. The Morgan fingerprint density at radius 3 is 1.24 bits per heavy atom. The number of aryl methyl sites for hydroxylation is 2. The van der Waals surface area contributed by atoms with Crippen molar-refractivity contribution in [2.45, 2.75) is 56.2 Å². The predicted molar refractivity (Wildman–Crippen MR) is 192 cm³/mol. The fourth-order valence-corrected chi connectivity index (χ4v) is 6.73. The molecule has 4 aromatic rings. The van der Waals surface area contributed by atoms with Crippen molar-refractivity contribution in [3.8, 4) is 0 Å². The van der Waals surface area contributed by atoms with Crippen LogP contribution in [0.3, 0.4) is 0 Å². The first kappa shape index (κ1) is 43.9. The summed E-state index contributed by atoms with van der Waals surface area (Å²) >= 11 is 0. The van der Waals surface area contributed by atoms with Crippen molar-refractivity contribution >= 4 is 66.0 Å². The average molecular weight is 801 g/mol. The van der Waals surface area contributed by atoms with Crippen LogP contribution in [-0.4, -0.2) is 61.3 Å². The number of nitrogens with zero attached hydrogens (tertiary/aromatic N) is 8. The number of carbonyl (C=O) groups excluding carboxylic acids is 2. The summed E-state index contributed by atoms with van der Waals surface area (Å²) in [6, 6.07) is 22.0. The van der Waals surface area contributed by atoms with Crippen molar-refractivity contribution < 1.29 is 94.6 Å². The maximum absolute atomic E-state index is 12.9. The smallest absolute Gasteiger partial charge is 0.744 e. The van der Waals surface area contributed by atoms with Gasteiger partial charge in [0.2, 0.25) is 23.9 Å². The first-order valence-corrected chi connectivity index (χ1v) is 18.7. The third-order valence-electron chi connectivity index (χ3n) is 8.41. The summed E-state index contributed by atoms with van der Waals surface area (Å²) in [5.74, 6) is -0.741. The molecule has 2 unspecified atom stereocenters. The van der Waals surface area contributed by atoms with Gasteiger partial charge in [-0.2, -0.15) is 30.7 Å². The zero-order chi connectivity index (χ0) is 38.2. The number of benzene rings is 4. The molecule has 6 rings (SSSR count). The van der Waals surface area contributed by atoms with Crippen LogP contribution in [0.2, 0.25) is 0 Å². The molecule has 0 amide bonds. The SMILES string of the molecule is CC1=NN(c2ccc(S(=O)(=O)[O-])cc2C)C(N=Nc2ccc(Cc3ccc(N=NC4C(=O)C(C)=NN4c4ccc(S(=O)(=O)[O-])cc4C)cc3)cc2)C1=O.[Na+].[Na+]. The summed E-state index contributed by atoms with van der Waals surface area (Å²) in [5, 5.41) is 28.2. The van der Waals surface area contributed by atoms with Crippen molar-refractivity contribution in [1.29, 1.82) is 0 Å². The van der Waals surface area contributed by atoms with Crippen LogP contribution in [0.15, 0.2) is 125 Å². The summed E-state index contributed by atoms with van der Waals surface area (Å²) in [6.07, 6.45) is -1.64. The number of ketones is 2. The molecule has 0 radical (unpaired) electrons. The fourth-order valence-electron chi connectivity index (χ4n) is 5.62. The van der Waals surface area contributed by atoms with Gasteiger partial charge in [0, 0.05) is 0 Å². The van der Waals surface area contributed by atoms with Gasteiger partial charge in [-0.05, 0) is 117 Å². The van der Waals surface area contributed by atoms with E-state index >= 15 is 0 Å². The number of hydrogen-bond acceptors (Lipinski definition) is 16. The Kier molecular flexibility index (Phi) is 14.0. The van der Waals surface area contributed by atoms with Gasteiger partial charge < -0.3 is 9.11 Å². The normalized spacial score (nSPS) is 17.4. The van der Waals surface area contributed by atoms with Gasteiger partial charge in [0.05, 0.1) is 32.5 Å². The van der Waals surface area contributed by atoms with E-state index in [-0.39, 0.29) is 91.9 Å². The molecular formula is C35H30N8Na2O8S2. The van der Waals surface area contributed by atoms with Crippen LogP contribution in [-0.2, 0) is 36.2 Å². The Labute approximate surface area is 361 Å². The Morgan fingerprint density at radius 1 is 0.582 bits per heavy atom. The number of Topliss-reactive ketones (excluding diaryl/α,β-unsaturated/α-hetero) is 2. The van der Waals surface area contributed by atoms with Crippen LogP contribution in [0.4, 0.5) is 22.7 Å². The second kappa shape index (κ2) is 17.5. The molecule has 2 heterocycles. The first-order valence-electron chi connectivity index (χ1n) is 15.9. The molecular weight excluding hydrogens is 771 g/mol. The second-order valence-electron chi connectivity index (χ2n) is 12.3. The molecule has 0 saturated heterocycles. The van der Waals surface area contributed by atoms with Gasteiger partial charge in [0.15, 0.2) is 0 Å². The third kappa shape index (κ3) is 9.95. The van der Waals surface area contributed by atoms with Crippen molar-refractivity contribution in [3.05, 3.63) is 107 Å². The monoisotopic (exact) mass is 800 g/mol. The van der Waals surface area contributed by atoms with Crippen LogP contribution >= 0.6 is 0 Å². The molecule has 20 heteroatoms. The van der Waals surface area contributed by atoms with E-state index in [4.69, 9.17) is 0 Å². The van der Waals surface area contributed by atoms with Crippen molar-refractivity contribution in [3.63, 3.8) is 0 Å². The van der Waals surface area contributed by atoms with E-state index < -0.39 is 32.6 Å². The van der Waals surface area contributed by atoms with Crippen molar-refractivity contribution in [2.75, 3.05) is 10.0 Å². The molecule has 272 valence electrons. The molecule has 0 spiro atoms. The minimum atomic E-state index is -4.65. The van der Waals surface area contributed by atoms with Crippen LogP contribution in [0, 0.1) is 13.8 Å². The van der Waals surface area contributed by atoms with Gasteiger partial charge in [0.25, 0.3) is 0 Å². The van der Waals surface area contributed by atoms with E-state index in [1.807, 2.05) is 24.3 Å². The Balaban J connectivity index is 0.00000336. The minimum absolute atomic E-state index is 0. The fraction of sp³-hybridized carbons (Fsp3) is 0.200. The second-order valence-corrected chi connectivity index (χ2v) is 15.0. The van der Waals surface area contributed by atoms with Gasteiger partial charge in [0.1, 0.15) is 31.7 Å². The maximum Gasteiger partial charge on any atom is 1.00 e. The van der Waals surface area contributed by atoms with Crippen LogP contribution in [0.25, 0.3) is 0 Å². The molecule has 55 heavy (non-hydrogen) atoms. The molecule has 16 nitrogen and oxygen atoms in total. The topological polar surface area (TPSA) is 229 Å². The summed E-state index contributed by atoms with van der Waals surface area (Å²) in [5.41, 5.74) is 4.98. The largest absolute Gasteiger partial charge is 1.00 e. The van der Waals surface area contributed by atoms with Crippen LogP contribution in [0.5, 0.6) is 0 Å². The summed E-state index contributed by atoms with van der Waals surface area (Å²) in [7, 11) is -9.30. The standard InChI is InChI=1S/C35H32N8O8S2.2Na/c1-20-17-28(52(46,47)48)13-15-30(20)42-34(32(44)22(3)40-42)38-36-26-9-5-24(6-10-26)19-25-7-11-27(12-8-25)37-39-35-33(45)23(4)41-43(35)31-16-14-29(18-21(31)2)53(49,50)51;;/h5-18,34-35H,19H2,1-4H3,(H,46,47,48)(H,49,50,51);;/q;2*+1/p-2. The molecule has 0 aromatic heterocycles. The molecule has 0 fully saturated rings. The number of azo groups is 2. The zero-order valence-corrected chi connectivity index (χ0v) is 36.2. The number of hydrazone groups is 2. The molecule has 0 bridgehead atoms. The van der Waals surface area contributed by atoms with Gasteiger partial charge >= 0.3 is 59.1 Å². The number of hydrogen-bond donors (Lipinski definition) is 0. The van der Waals surface area contributed by atoms with Gasteiger partial charge in [-0.15, -0.1) is 0 Å². The van der Waals surface area contributed by atoms with Gasteiger partial charge in [-0.25, -0.2) is 26.9 Å². The van der Waals surface area contributed by atoms with Crippen LogP contribution < -0.4 is 69.1 Å². The Hall–Kier alpha value is -3.82. The molecule has 4 aromatic carbocycles. The average Bonchev–Trinajstić information content (AvgIpc) is 3.55. The van der Waals surface area contributed by atoms with E-state index in [1.165, 1.54) is 34.3 Å². The maximum atomic E-state index is 12.9. The number of anilines is 2. The number of rotatable bonds is 10. The van der Waals surface area contributed by atoms with Gasteiger partial charge in [-0.1, -0.05) is 24.3 Å². The zero-order valence-electron chi connectivity index (χ0n) is 30.6. The molecule has 0 aliphatic carbocycles. The molecule has 0 saturated carbocycles. The minimum Gasteiger partial charge on any atom is -0.744 e. The quantitative estimate of drug-likeness (QED) is 0.113. The molecule has 2 aliphatic heterocycles. The van der Waals surface area contributed by atoms with Crippen LogP contribution in [0.1, 0.15) is 36.1 Å². The van der Waals surface area contributed by atoms with E-state index in [9.17, 15) is 35.5 Å². The molecule has 0 N–H and O–H groups in total. The van der Waals surface area contributed by atoms with Crippen molar-refractivity contribution in [2.24, 2.45) is 30.7 Å². The first-order chi connectivity index (χ1) is 25.0. The number of carbonyl (C=O) groups is 2. The van der Waals surface area contributed by atoms with E-state index in [0.717, 1.165) is 23.3 Å². The van der Waals surface area contributed by atoms with Gasteiger partial charge in [-0.3, -0.25) is 9.59 Å². The van der Waals surface area contributed by atoms with E-state index in [2.05, 4.69) is 30.7 Å². The predicted octanol–water partition coefficient (Wildman–Crippen LogP) is -0.540.